The summed E-state index contributed by atoms with van der Waals surface area (Å²) in [5.74, 6) is 0. The fourth-order valence-electron chi connectivity index (χ4n) is 3.30. The first-order chi connectivity index (χ1) is 11.6. The lowest BCUT2D eigenvalue weighted by Gasteiger charge is -2.33. The van der Waals surface area contributed by atoms with E-state index in [-0.39, 0.29) is 16.7 Å². The lowest BCUT2D eigenvalue weighted by atomic mass is 10.0. The highest BCUT2D eigenvalue weighted by Crippen LogP contribution is 2.27. The zero-order chi connectivity index (χ0) is 16.9. The number of likely N-dealkylation sites (tertiary alicyclic amines) is 1. The zero-order valence-electron chi connectivity index (χ0n) is 13.9. The Kier molecular flexibility index (Phi) is 5.11. The van der Waals surface area contributed by atoms with Crippen LogP contribution >= 0.6 is 0 Å². The van der Waals surface area contributed by atoms with Crippen LogP contribution in [-0.4, -0.2) is 29.0 Å². The van der Waals surface area contributed by atoms with Crippen molar-refractivity contribution in [3.63, 3.8) is 0 Å². The molecule has 1 fully saturated rings. The van der Waals surface area contributed by atoms with Gasteiger partial charge in [0.2, 0.25) is 0 Å². The summed E-state index contributed by atoms with van der Waals surface area (Å²) in [7, 11) is 0. The van der Waals surface area contributed by atoms with E-state index in [9.17, 15) is 10.1 Å². The number of nitro benzene ring substituents is 1. The van der Waals surface area contributed by atoms with E-state index in [1.807, 2.05) is 19.1 Å². The van der Waals surface area contributed by atoms with Crippen LogP contribution in [0.5, 0.6) is 0 Å². The maximum Gasteiger partial charge on any atom is 0.292 e. The van der Waals surface area contributed by atoms with Crippen molar-refractivity contribution in [3.05, 3.63) is 69.8 Å². The number of nitrogens with zero attached hydrogens (tertiary/aromatic N) is 2. The average molecular weight is 325 g/mol. The van der Waals surface area contributed by atoms with Gasteiger partial charge >= 0.3 is 0 Å². The molecule has 1 heterocycles. The van der Waals surface area contributed by atoms with Gasteiger partial charge in [0.1, 0.15) is 5.69 Å². The molecular formula is C19H23N3O2. The minimum atomic E-state index is -0.313. The van der Waals surface area contributed by atoms with E-state index >= 15 is 0 Å². The second-order valence-corrected chi connectivity index (χ2v) is 6.48. The molecule has 2 aromatic carbocycles. The van der Waals surface area contributed by atoms with Gasteiger partial charge in [0, 0.05) is 25.2 Å². The Morgan fingerprint density at radius 1 is 1.25 bits per heavy atom. The second-order valence-electron chi connectivity index (χ2n) is 6.48. The number of aryl methyl sites for hydroxylation is 1. The highest BCUT2D eigenvalue weighted by Gasteiger charge is 2.22. The number of hydrogen-bond acceptors (Lipinski definition) is 4. The third-order valence-corrected chi connectivity index (χ3v) is 4.46. The van der Waals surface area contributed by atoms with Crippen molar-refractivity contribution in [2.45, 2.75) is 32.4 Å². The van der Waals surface area contributed by atoms with Gasteiger partial charge in [-0.2, -0.15) is 0 Å². The summed E-state index contributed by atoms with van der Waals surface area (Å²) in [6.07, 6.45) is 2.14. The van der Waals surface area contributed by atoms with Crippen molar-refractivity contribution in [3.8, 4) is 0 Å². The summed E-state index contributed by atoms with van der Waals surface area (Å²) < 4.78 is 0. The molecule has 24 heavy (non-hydrogen) atoms. The molecule has 0 aliphatic carbocycles. The van der Waals surface area contributed by atoms with Crippen LogP contribution in [0.3, 0.4) is 0 Å². The van der Waals surface area contributed by atoms with E-state index in [4.69, 9.17) is 0 Å². The minimum Gasteiger partial charge on any atom is -0.375 e. The van der Waals surface area contributed by atoms with Gasteiger partial charge in [-0.15, -0.1) is 0 Å². The number of benzene rings is 2. The standard InChI is InChI=1S/C19H23N3O2/c1-15-9-10-19(22(23)24)18(12-15)20-17-8-5-11-21(14-17)13-16-6-3-2-4-7-16/h2-4,6-7,9-10,12,17,20H,5,8,11,13-14H2,1H3. The Balaban J connectivity index is 1.67. The summed E-state index contributed by atoms with van der Waals surface area (Å²) >= 11 is 0. The predicted molar refractivity (Wildman–Crippen MR) is 96.2 cm³/mol. The van der Waals surface area contributed by atoms with Crippen molar-refractivity contribution in [1.29, 1.82) is 0 Å². The minimum absolute atomic E-state index is 0.154. The van der Waals surface area contributed by atoms with Gasteiger partial charge in [-0.05, 0) is 43.5 Å². The molecule has 2 aromatic rings. The first-order valence-corrected chi connectivity index (χ1v) is 8.39. The molecule has 1 unspecified atom stereocenters. The second kappa shape index (κ2) is 7.45. The van der Waals surface area contributed by atoms with E-state index in [0.717, 1.165) is 38.0 Å². The smallest absolute Gasteiger partial charge is 0.292 e. The number of anilines is 1. The third kappa shape index (κ3) is 4.11. The zero-order valence-corrected chi connectivity index (χ0v) is 13.9. The van der Waals surface area contributed by atoms with Crippen LogP contribution < -0.4 is 5.32 Å². The molecule has 1 atom stereocenters. The Morgan fingerprint density at radius 2 is 2.04 bits per heavy atom. The van der Waals surface area contributed by atoms with Crippen LogP contribution in [0.4, 0.5) is 11.4 Å². The van der Waals surface area contributed by atoms with Crippen LogP contribution in [-0.2, 0) is 6.54 Å². The molecule has 5 heteroatoms. The first-order valence-electron chi connectivity index (χ1n) is 8.39. The molecule has 0 bridgehead atoms. The normalized spacial score (nSPS) is 18.3. The van der Waals surface area contributed by atoms with Crippen molar-refractivity contribution in [2.24, 2.45) is 0 Å². The van der Waals surface area contributed by atoms with E-state index in [1.54, 1.807) is 12.1 Å². The molecule has 1 aliphatic rings. The van der Waals surface area contributed by atoms with E-state index in [0.29, 0.717) is 5.69 Å². The van der Waals surface area contributed by atoms with Crippen molar-refractivity contribution >= 4 is 11.4 Å². The molecule has 1 saturated heterocycles. The van der Waals surface area contributed by atoms with Crippen LogP contribution in [0, 0.1) is 17.0 Å². The van der Waals surface area contributed by atoms with Gasteiger partial charge in [-0.25, -0.2) is 0 Å². The molecule has 126 valence electrons. The maximum absolute atomic E-state index is 11.2. The van der Waals surface area contributed by atoms with E-state index in [1.165, 1.54) is 5.56 Å². The predicted octanol–water partition coefficient (Wildman–Crippen LogP) is 3.98. The van der Waals surface area contributed by atoms with Crippen molar-refractivity contribution < 1.29 is 4.92 Å². The molecule has 3 rings (SSSR count). The lowest BCUT2D eigenvalue weighted by molar-refractivity contribution is -0.384. The number of piperidine rings is 1. The molecular weight excluding hydrogens is 302 g/mol. The molecule has 0 spiro atoms. The lowest BCUT2D eigenvalue weighted by Crippen LogP contribution is -2.41. The highest BCUT2D eigenvalue weighted by molar-refractivity contribution is 5.63. The number of hydrogen-bond donors (Lipinski definition) is 1. The Morgan fingerprint density at radius 3 is 2.79 bits per heavy atom. The molecule has 0 radical (unpaired) electrons. The van der Waals surface area contributed by atoms with E-state index in [2.05, 4.69) is 34.5 Å². The number of nitrogens with one attached hydrogen (secondary N) is 1. The summed E-state index contributed by atoms with van der Waals surface area (Å²) in [4.78, 5) is 13.3. The van der Waals surface area contributed by atoms with Gasteiger partial charge < -0.3 is 5.32 Å². The highest BCUT2D eigenvalue weighted by atomic mass is 16.6. The summed E-state index contributed by atoms with van der Waals surface area (Å²) in [6.45, 7) is 4.86. The van der Waals surface area contributed by atoms with Crippen LogP contribution in [0.25, 0.3) is 0 Å². The van der Waals surface area contributed by atoms with Gasteiger partial charge in [0.15, 0.2) is 0 Å². The van der Waals surface area contributed by atoms with Gasteiger partial charge in [0.25, 0.3) is 5.69 Å². The van der Waals surface area contributed by atoms with Crippen LogP contribution in [0.15, 0.2) is 48.5 Å². The summed E-state index contributed by atoms with van der Waals surface area (Å²) in [5.41, 5.74) is 3.12. The first kappa shape index (κ1) is 16.5. The van der Waals surface area contributed by atoms with Gasteiger partial charge in [-0.3, -0.25) is 15.0 Å². The average Bonchev–Trinajstić information content (AvgIpc) is 2.56. The Bertz CT molecular complexity index is 703. The fraction of sp³-hybridized carbons (Fsp3) is 0.368. The van der Waals surface area contributed by atoms with E-state index < -0.39 is 0 Å². The molecule has 0 amide bonds. The molecule has 0 saturated carbocycles. The number of nitro groups is 1. The quantitative estimate of drug-likeness (QED) is 0.667. The summed E-state index contributed by atoms with van der Waals surface area (Å²) in [6, 6.07) is 15.9. The SMILES string of the molecule is Cc1ccc([N+](=O)[O-])c(NC2CCCN(Cc3ccccc3)C2)c1. The number of rotatable bonds is 5. The van der Waals surface area contributed by atoms with Crippen molar-refractivity contribution in [2.75, 3.05) is 18.4 Å². The molecule has 5 nitrogen and oxygen atoms in total. The molecule has 1 aliphatic heterocycles. The molecule has 0 aromatic heterocycles. The van der Waals surface area contributed by atoms with Gasteiger partial charge in [-0.1, -0.05) is 36.4 Å². The third-order valence-electron chi connectivity index (χ3n) is 4.46. The topological polar surface area (TPSA) is 58.4 Å². The molecule has 1 N–H and O–H groups in total. The maximum atomic E-state index is 11.2. The van der Waals surface area contributed by atoms with Crippen LogP contribution in [0.2, 0.25) is 0 Å². The van der Waals surface area contributed by atoms with Crippen molar-refractivity contribution in [1.82, 2.24) is 4.90 Å². The van der Waals surface area contributed by atoms with Gasteiger partial charge in [0.05, 0.1) is 4.92 Å². The Hall–Kier alpha value is -2.40. The fourth-order valence-corrected chi connectivity index (χ4v) is 3.30. The Labute approximate surface area is 142 Å². The van der Waals surface area contributed by atoms with Crippen LogP contribution in [0.1, 0.15) is 24.0 Å². The monoisotopic (exact) mass is 325 g/mol. The largest absolute Gasteiger partial charge is 0.375 e. The summed E-state index contributed by atoms with van der Waals surface area (Å²) in [5, 5.41) is 14.6.